The van der Waals surface area contributed by atoms with Gasteiger partial charge in [0.05, 0.1) is 6.21 Å². The predicted octanol–water partition coefficient (Wildman–Crippen LogP) is 2.00. The Morgan fingerprint density at radius 1 is 1.12 bits per heavy atom. The van der Waals surface area contributed by atoms with E-state index in [1.54, 1.807) is 0 Å². The summed E-state index contributed by atoms with van der Waals surface area (Å²) in [6.45, 7) is 0. The Hall–Kier alpha value is -3.37. The van der Waals surface area contributed by atoms with Crippen molar-refractivity contribution in [1.29, 1.82) is 0 Å². The van der Waals surface area contributed by atoms with Crippen molar-refractivity contribution in [2.75, 3.05) is 5.43 Å². The molecular formula is C13H9F3N6O2. The normalized spacial score (nSPS) is 12.1. The van der Waals surface area contributed by atoms with Crippen molar-refractivity contribution in [2.24, 2.45) is 5.10 Å². The van der Waals surface area contributed by atoms with E-state index in [4.69, 9.17) is 0 Å². The van der Waals surface area contributed by atoms with Crippen molar-refractivity contribution in [1.82, 2.24) is 19.8 Å². The Labute approximate surface area is 131 Å². The SMILES string of the molecule is Oc1ccc(/C=N/Nc2ccc3nnc(C(F)(F)F)n3n2)c(O)c1. The molecule has 0 aliphatic rings. The van der Waals surface area contributed by atoms with Crippen LogP contribution in [0.4, 0.5) is 19.0 Å². The minimum absolute atomic E-state index is 0.0160. The molecule has 3 N–H and O–H groups in total. The molecule has 8 nitrogen and oxygen atoms in total. The Balaban J connectivity index is 1.84. The lowest BCUT2D eigenvalue weighted by Gasteiger charge is -2.04. The fraction of sp³-hybridized carbons (Fsp3) is 0.0769. The molecule has 0 atom stereocenters. The van der Waals surface area contributed by atoms with Crippen molar-refractivity contribution in [2.45, 2.75) is 6.18 Å². The standard InChI is InChI=1S/C13H9F3N6O2/c14-13(15,16)12-20-19-11-4-3-10(21-22(11)12)18-17-6-7-1-2-8(23)5-9(7)24/h1-6,23-24H,(H,18,21)/b17-6+. The van der Waals surface area contributed by atoms with Crippen LogP contribution >= 0.6 is 0 Å². The van der Waals surface area contributed by atoms with Crippen LogP contribution in [0.5, 0.6) is 11.5 Å². The number of hydrogen-bond donors (Lipinski definition) is 3. The minimum Gasteiger partial charge on any atom is -0.508 e. The fourth-order valence-corrected chi connectivity index (χ4v) is 1.83. The second kappa shape index (κ2) is 5.68. The molecule has 0 fully saturated rings. The molecule has 1 aromatic carbocycles. The highest BCUT2D eigenvalue weighted by atomic mass is 19.4. The Bertz CT molecular complexity index is 922. The third-order valence-electron chi connectivity index (χ3n) is 2.91. The van der Waals surface area contributed by atoms with Gasteiger partial charge in [-0.05, 0) is 24.3 Å². The van der Waals surface area contributed by atoms with Crippen molar-refractivity contribution in [3.05, 3.63) is 41.7 Å². The van der Waals surface area contributed by atoms with E-state index in [0.29, 0.717) is 10.1 Å². The van der Waals surface area contributed by atoms with Crippen molar-refractivity contribution in [3.8, 4) is 11.5 Å². The minimum atomic E-state index is -4.69. The van der Waals surface area contributed by atoms with Crippen LogP contribution in [-0.2, 0) is 6.18 Å². The highest BCUT2D eigenvalue weighted by molar-refractivity contribution is 5.84. The summed E-state index contributed by atoms with van der Waals surface area (Å²) in [6, 6.07) is 6.55. The first-order valence-electron chi connectivity index (χ1n) is 6.45. The van der Waals surface area contributed by atoms with Gasteiger partial charge in [0, 0.05) is 11.6 Å². The molecule has 11 heteroatoms. The number of aromatic hydroxyl groups is 2. The maximum atomic E-state index is 12.8. The van der Waals surface area contributed by atoms with Gasteiger partial charge in [0.1, 0.15) is 11.5 Å². The summed E-state index contributed by atoms with van der Waals surface area (Å²) in [4.78, 5) is 0. The molecular weight excluding hydrogens is 329 g/mol. The molecule has 2 aromatic heterocycles. The highest BCUT2D eigenvalue weighted by Crippen LogP contribution is 2.27. The third-order valence-corrected chi connectivity index (χ3v) is 2.91. The monoisotopic (exact) mass is 338 g/mol. The first kappa shape index (κ1) is 15.5. The molecule has 0 saturated heterocycles. The number of hydrazone groups is 1. The fourth-order valence-electron chi connectivity index (χ4n) is 1.83. The highest BCUT2D eigenvalue weighted by Gasteiger charge is 2.37. The maximum absolute atomic E-state index is 12.8. The molecule has 0 amide bonds. The van der Waals surface area contributed by atoms with Gasteiger partial charge in [-0.25, -0.2) is 0 Å². The van der Waals surface area contributed by atoms with Crippen LogP contribution in [0, 0.1) is 0 Å². The second-order valence-electron chi connectivity index (χ2n) is 4.62. The molecule has 0 bridgehead atoms. The molecule has 0 spiro atoms. The number of phenolic OH excluding ortho intramolecular Hbond substituents is 2. The van der Waals surface area contributed by atoms with Crippen molar-refractivity contribution < 1.29 is 23.4 Å². The summed E-state index contributed by atoms with van der Waals surface area (Å²) in [7, 11) is 0. The summed E-state index contributed by atoms with van der Waals surface area (Å²) in [5, 5.41) is 32.7. The van der Waals surface area contributed by atoms with Crippen LogP contribution < -0.4 is 5.43 Å². The van der Waals surface area contributed by atoms with Crippen LogP contribution in [0.25, 0.3) is 5.65 Å². The quantitative estimate of drug-likeness (QED) is 0.498. The van der Waals surface area contributed by atoms with Crippen LogP contribution in [0.1, 0.15) is 11.4 Å². The summed E-state index contributed by atoms with van der Waals surface area (Å²) in [6.07, 6.45) is -3.47. The molecule has 0 aliphatic heterocycles. The number of aromatic nitrogens is 4. The first-order chi connectivity index (χ1) is 11.3. The number of anilines is 1. The van der Waals surface area contributed by atoms with Gasteiger partial charge >= 0.3 is 6.18 Å². The van der Waals surface area contributed by atoms with E-state index in [-0.39, 0.29) is 23.0 Å². The number of nitrogens with zero attached hydrogens (tertiary/aromatic N) is 5. The van der Waals surface area contributed by atoms with Gasteiger partial charge in [0.25, 0.3) is 5.82 Å². The largest absolute Gasteiger partial charge is 0.508 e. The maximum Gasteiger partial charge on any atom is 0.453 e. The van der Waals surface area contributed by atoms with Crippen LogP contribution in [0.3, 0.4) is 0 Å². The van der Waals surface area contributed by atoms with Gasteiger partial charge in [0.2, 0.25) is 0 Å². The number of halogens is 3. The number of phenols is 2. The van der Waals surface area contributed by atoms with E-state index in [2.05, 4.69) is 25.8 Å². The Morgan fingerprint density at radius 3 is 2.62 bits per heavy atom. The second-order valence-corrected chi connectivity index (χ2v) is 4.62. The summed E-state index contributed by atoms with van der Waals surface area (Å²) in [5.74, 6) is -1.55. The van der Waals surface area contributed by atoms with Crippen molar-refractivity contribution >= 4 is 17.7 Å². The van der Waals surface area contributed by atoms with Gasteiger partial charge in [0.15, 0.2) is 11.5 Å². The lowest BCUT2D eigenvalue weighted by Crippen LogP contribution is -2.13. The zero-order valence-electron chi connectivity index (χ0n) is 11.7. The van der Waals surface area contributed by atoms with Crippen LogP contribution in [-0.4, -0.2) is 36.2 Å². The molecule has 0 unspecified atom stereocenters. The number of rotatable bonds is 3. The molecule has 124 valence electrons. The number of hydrogen-bond acceptors (Lipinski definition) is 7. The van der Waals surface area contributed by atoms with E-state index in [1.807, 2.05) is 0 Å². The van der Waals surface area contributed by atoms with Gasteiger partial charge in [-0.3, -0.25) is 5.43 Å². The van der Waals surface area contributed by atoms with Gasteiger partial charge < -0.3 is 10.2 Å². The van der Waals surface area contributed by atoms with Gasteiger partial charge in [-0.1, -0.05) is 0 Å². The smallest absolute Gasteiger partial charge is 0.453 e. The van der Waals surface area contributed by atoms with Crippen LogP contribution in [0.2, 0.25) is 0 Å². The molecule has 0 saturated carbocycles. The molecule has 24 heavy (non-hydrogen) atoms. The average molecular weight is 338 g/mol. The van der Waals surface area contributed by atoms with E-state index < -0.39 is 12.0 Å². The first-order valence-corrected chi connectivity index (χ1v) is 6.45. The van der Waals surface area contributed by atoms with E-state index >= 15 is 0 Å². The zero-order valence-corrected chi connectivity index (χ0v) is 11.7. The number of nitrogens with one attached hydrogen (secondary N) is 1. The van der Waals surface area contributed by atoms with E-state index in [9.17, 15) is 23.4 Å². The van der Waals surface area contributed by atoms with Crippen molar-refractivity contribution in [3.63, 3.8) is 0 Å². The topological polar surface area (TPSA) is 108 Å². The lowest BCUT2D eigenvalue weighted by molar-refractivity contribution is -0.146. The molecule has 0 radical (unpaired) electrons. The summed E-state index contributed by atoms with van der Waals surface area (Å²) >= 11 is 0. The molecule has 2 heterocycles. The van der Waals surface area contributed by atoms with E-state index in [0.717, 1.165) is 6.07 Å². The van der Waals surface area contributed by atoms with E-state index in [1.165, 1.54) is 30.5 Å². The number of benzene rings is 1. The molecule has 0 aliphatic carbocycles. The zero-order chi connectivity index (χ0) is 17.3. The number of fused-ring (bicyclic) bond motifs is 1. The predicted molar refractivity (Wildman–Crippen MR) is 76.8 cm³/mol. The average Bonchev–Trinajstić information content (AvgIpc) is 2.92. The summed E-state index contributed by atoms with van der Waals surface area (Å²) in [5.41, 5.74) is 2.67. The Morgan fingerprint density at radius 2 is 1.92 bits per heavy atom. The number of alkyl halides is 3. The lowest BCUT2D eigenvalue weighted by atomic mass is 10.2. The van der Waals surface area contributed by atoms with Gasteiger partial charge in [-0.15, -0.1) is 15.3 Å². The van der Waals surface area contributed by atoms with Gasteiger partial charge in [-0.2, -0.15) is 22.8 Å². The molecule has 3 aromatic rings. The Kier molecular flexibility index (Phi) is 3.67. The summed E-state index contributed by atoms with van der Waals surface area (Å²) < 4.78 is 38.9. The third kappa shape index (κ3) is 3.04. The molecule has 3 rings (SSSR count). The van der Waals surface area contributed by atoms with Crippen LogP contribution in [0.15, 0.2) is 35.4 Å².